The predicted molar refractivity (Wildman–Crippen MR) is 50.6 cm³/mol. The quantitative estimate of drug-likeness (QED) is 0.216. The molecule has 14 heavy (non-hydrogen) atoms. The van der Waals surface area contributed by atoms with Gasteiger partial charge in [-0.15, -0.1) is 0 Å². The standard InChI is InChI=1S/C9H14N2O3/c1-7(11(13)6-5-10)8(12)14-9(2,3)4/h6-7H,1-4H3/b11-6-/t7-/m0/s1. The van der Waals surface area contributed by atoms with E-state index in [1.807, 2.05) is 0 Å². The Hall–Kier alpha value is -1.57. The summed E-state index contributed by atoms with van der Waals surface area (Å²) in [5, 5.41) is 19.2. The van der Waals surface area contributed by atoms with Crippen molar-refractivity contribution in [2.24, 2.45) is 0 Å². The number of nitrogens with zero attached hydrogens (tertiary/aromatic N) is 2. The average molecular weight is 198 g/mol. The lowest BCUT2D eigenvalue weighted by molar-refractivity contribution is -0.480. The van der Waals surface area contributed by atoms with Crippen molar-refractivity contribution in [1.29, 1.82) is 5.26 Å². The van der Waals surface area contributed by atoms with Crippen LogP contribution >= 0.6 is 0 Å². The highest BCUT2D eigenvalue weighted by molar-refractivity contribution is 5.77. The van der Waals surface area contributed by atoms with Gasteiger partial charge in [0.25, 0.3) is 12.3 Å². The maximum absolute atomic E-state index is 11.3. The molecule has 0 saturated carbocycles. The molecule has 0 spiro atoms. The number of hydroxylamine groups is 1. The van der Waals surface area contributed by atoms with Crippen molar-refractivity contribution in [3.63, 3.8) is 0 Å². The zero-order valence-electron chi connectivity index (χ0n) is 8.77. The number of nitriles is 1. The van der Waals surface area contributed by atoms with Crippen molar-refractivity contribution in [2.75, 3.05) is 0 Å². The lowest BCUT2D eigenvalue weighted by Crippen LogP contribution is -2.35. The van der Waals surface area contributed by atoms with Crippen molar-refractivity contribution in [3.8, 4) is 6.07 Å². The molecule has 5 nitrogen and oxygen atoms in total. The number of ether oxygens (including phenoxy) is 1. The Balaban J connectivity index is 4.43. The minimum absolute atomic E-state index is 0.272. The molecule has 0 rings (SSSR count). The van der Waals surface area contributed by atoms with Crippen LogP contribution in [0, 0.1) is 16.5 Å². The lowest BCUT2D eigenvalue weighted by Gasteiger charge is -2.21. The van der Waals surface area contributed by atoms with Crippen molar-refractivity contribution in [1.82, 2.24) is 0 Å². The molecule has 0 aliphatic heterocycles. The number of hydrogen-bond donors (Lipinski definition) is 0. The zero-order chi connectivity index (χ0) is 11.4. The Morgan fingerprint density at radius 3 is 2.50 bits per heavy atom. The molecule has 1 atom stereocenters. The number of carbonyl (C=O) groups is 1. The zero-order valence-corrected chi connectivity index (χ0v) is 8.77. The monoisotopic (exact) mass is 198 g/mol. The van der Waals surface area contributed by atoms with Crippen LogP contribution in [-0.2, 0) is 9.53 Å². The fourth-order valence-corrected chi connectivity index (χ4v) is 0.660. The molecule has 0 unspecified atom stereocenters. The summed E-state index contributed by atoms with van der Waals surface area (Å²) < 4.78 is 5.23. The molecule has 0 amide bonds. The van der Waals surface area contributed by atoms with Crippen molar-refractivity contribution in [2.45, 2.75) is 39.3 Å². The molecule has 0 aliphatic carbocycles. The van der Waals surface area contributed by atoms with Crippen LogP contribution < -0.4 is 0 Å². The van der Waals surface area contributed by atoms with Gasteiger partial charge in [0, 0.05) is 6.92 Å². The van der Waals surface area contributed by atoms with Crippen LogP contribution in [0.2, 0.25) is 0 Å². The largest absolute Gasteiger partial charge is 0.623 e. The Kier molecular flexibility index (Phi) is 4.09. The second-order valence-electron chi connectivity index (χ2n) is 3.83. The fraction of sp³-hybridized carbons (Fsp3) is 0.667. The van der Waals surface area contributed by atoms with Crippen LogP contribution in [0.15, 0.2) is 0 Å². The minimum Gasteiger partial charge on any atom is -0.623 e. The van der Waals surface area contributed by atoms with Gasteiger partial charge >= 0.3 is 5.97 Å². The lowest BCUT2D eigenvalue weighted by atomic mass is 10.2. The van der Waals surface area contributed by atoms with Crippen LogP contribution in [0.4, 0.5) is 0 Å². The first-order valence-corrected chi connectivity index (χ1v) is 4.19. The summed E-state index contributed by atoms with van der Waals surface area (Å²) in [5.41, 5.74) is -0.626. The molecule has 78 valence electrons. The molecule has 0 bridgehead atoms. The third-order valence-corrected chi connectivity index (χ3v) is 1.31. The van der Waals surface area contributed by atoms with E-state index in [0.717, 1.165) is 6.21 Å². The first-order valence-electron chi connectivity index (χ1n) is 4.19. The third kappa shape index (κ3) is 4.45. The second-order valence-corrected chi connectivity index (χ2v) is 3.83. The maximum Gasteiger partial charge on any atom is 0.376 e. The highest BCUT2D eigenvalue weighted by atomic mass is 16.6. The van der Waals surface area contributed by atoms with Gasteiger partial charge in [-0.1, -0.05) is 0 Å². The molecule has 0 aromatic heterocycles. The first-order chi connectivity index (χ1) is 6.28. The topological polar surface area (TPSA) is 76.2 Å². The van der Waals surface area contributed by atoms with Crippen LogP contribution in [-0.4, -0.2) is 28.6 Å². The number of hydrogen-bond acceptors (Lipinski definition) is 4. The van der Waals surface area contributed by atoms with Gasteiger partial charge in [-0.05, 0) is 20.8 Å². The second kappa shape index (κ2) is 4.61. The molecule has 0 radical (unpaired) electrons. The van der Waals surface area contributed by atoms with Gasteiger partial charge in [0.1, 0.15) is 5.60 Å². The predicted octanol–water partition coefficient (Wildman–Crippen LogP) is 0.821. The normalized spacial score (nSPS) is 14.4. The van der Waals surface area contributed by atoms with E-state index in [-0.39, 0.29) is 4.74 Å². The molecule has 0 aliphatic rings. The summed E-state index contributed by atoms with van der Waals surface area (Å²) in [4.78, 5) is 11.3. The van der Waals surface area contributed by atoms with Gasteiger partial charge in [-0.2, -0.15) is 10.0 Å². The van der Waals surface area contributed by atoms with Gasteiger partial charge in [-0.25, -0.2) is 4.79 Å². The highest BCUT2D eigenvalue weighted by Crippen LogP contribution is 2.09. The Morgan fingerprint density at radius 1 is 1.64 bits per heavy atom. The van der Waals surface area contributed by atoms with E-state index in [4.69, 9.17) is 10.00 Å². The highest BCUT2D eigenvalue weighted by Gasteiger charge is 2.26. The number of rotatable bonds is 2. The summed E-state index contributed by atoms with van der Waals surface area (Å²) in [6.45, 7) is 6.51. The summed E-state index contributed by atoms with van der Waals surface area (Å²) in [6.07, 6.45) is 0.731. The Morgan fingerprint density at radius 2 is 2.14 bits per heavy atom. The van der Waals surface area contributed by atoms with Crippen molar-refractivity contribution < 1.29 is 14.3 Å². The minimum atomic E-state index is -0.992. The van der Waals surface area contributed by atoms with Gasteiger partial charge in [0.15, 0.2) is 6.07 Å². The maximum atomic E-state index is 11.3. The van der Waals surface area contributed by atoms with E-state index in [2.05, 4.69) is 0 Å². The van der Waals surface area contributed by atoms with E-state index in [1.54, 1.807) is 26.8 Å². The van der Waals surface area contributed by atoms with Gasteiger partial charge in [0.05, 0.1) is 0 Å². The van der Waals surface area contributed by atoms with Gasteiger partial charge in [0.2, 0.25) is 0 Å². The van der Waals surface area contributed by atoms with Crippen LogP contribution in [0.5, 0.6) is 0 Å². The number of esters is 1. The van der Waals surface area contributed by atoms with Gasteiger partial charge < -0.3 is 9.94 Å². The third-order valence-electron chi connectivity index (χ3n) is 1.31. The average Bonchev–Trinajstić information content (AvgIpc) is 2.00. The molecular formula is C9H14N2O3. The Bertz CT molecular complexity index is 283. The number of carbonyl (C=O) groups excluding carboxylic acids is 1. The van der Waals surface area contributed by atoms with E-state index < -0.39 is 17.6 Å². The molecule has 0 saturated heterocycles. The fourth-order valence-electron chi connectivity index (χ4n) is 0.660. The molecule has 5 heteroatoms. The smallest absolute Gasteiger partial charge is 0.376 e. The van der Waals surface area contributed by atoms with Gasteiger partial charge in [-0.3, -0.25) is 0 Å². The molecular weight excluding hydrogens is 184 g/mol. The summed E-state index contributed by atoms with van der Waals surface area (Å²) >= 11 is 0. The molecule has 0 heterocycles. The van der Waals surface area contributed by atoms with Crippen molar-refractivity contribution in [3.05, 3.63) is 5.21 Å². The Labute approximate surface area is 83.2 Å². The first kappa shape index (κ1) is 12.4. The molecule has 0 aromatic rings. The molecule has 0 fully saturated rings. The molecule has 0 aromatic carbocycles. The van der Waals surface area contributed by atoms with Crippen molar-refractivity contribution >= 4 is 12.2 Å². The van der Waals surface area contributed by atoms with Crippen LogP contribution in [0.1, 0.15) is 27.7 Å². The van der Waals surface area contributed by atoms with Crippen LogP contribution in [0.25, 0.3) is 0 Å². The molecule has 0 N–H and O–H groups in total. The van der Waals surface area contributed by atoms with E-state index >= 15 is 0 Å². The van der Waals surface area contributed by atoms with E-state index in [9.17, 15) is 10.0 Å². The van der Waals surface area contributed by atoms with Crippen LogP contribution in [0.3, 0.4) is 0 Å². The van der Waals surface area contributed by atoms with E-state index in [1.165, 1.54) is 6.92 Å². The summed E-state index contributed by atoms with van der Waals surface area (Å²) in [7, 11) is 0. The summed E-state index contributed by atoms with van der Waals surface area (Å²) in [6, 6.07) is 0.555. The van der Waals surface area contributed by atoms with E-state index in [0.29, 0.717) is 0 Å². The SMILES string of the molecule is C[C@@H](C(=O)OC(C)(C)C)/[N+]([O-])=C/C#N. The summed E-state index contributed by atoms with van der Waals surface area (Å²) in [5.74, 6) is -0.640.